The Bertz CT molecular complexity index is 386. The molecule has 6 heteroatoms. The van der Waals surface area contributed by atoms with Crippen LogP contribution >= 0.6 is 0 Å². The van der Waals surface area contributed by atoms with E-state index in [0.29, 0.717) is 30.3 Å². The Hall–Kier alpha value is -1.56. The van der Waals surface area contributed by atoms with E-state index in [1.807, 2.05) is 0 Å². The van der Waals surface area contributed by atoms with Gasteiger partial charge in [0.05, 0.1) is 26.9 Å². The predicted octanol–water partition coefficient (Wildman–Crippen LogP) is 1.24. The van der Waals surface area contributed by atoms with E-state index in [2.05, 4.69) is 14.9 Å². The number of nitrogens with zero attached hydrogens (tertiary/aromatic N) is 3. The monoisotopic (exact) mass is 267 g/mol. The summed E-state index contributed by atoms with van der Waals surface area (Å²) in [7, 11) is 3.13. The number of hydrogen-bond donors (Lipinski definition) is 1. The standard InChI is InChI=1S/C13H21N3O3/c1-18-11-9-12(19-2)15-13(14-11)16(7-8-17)10-5-3-4-6-10/h9-10,17H,3-8H2,1-2H3. The molecule has 0 spiro atoms. The van der Waals surface area contributed by atoms with Crippen molar-refractivity contribution in [3.63, 3.8) is 0 Å². The van der Waals surface area contributed by atoms with Gasteiger partial charge in [-0.05, 0) is 12.8 Å². The maximum atomic E-state index is 9.25. The molecule has 1 N–H and O–H groups in total. The number of ether oxygens (including phenoxy) is 2. The molecule has 0 aliphatic heterocycles. The summed E-state index contributed by atoms with van der Waals surface area (Å²) in [5.74, 6) is 1.52. The average molecular weight is 267 g/mol. The van der Waals surface area contributed by atoms with E-state index in [-0.39, 0.29) is 6.61 Å². The van der Waals surface area contributed by atoms with Crippen LogP contribution in [0.1, 0.15) is 25.7 Å². The summed E-state index contributed by atoms with van der Waals surface area (Å²) in [6.07, 6.45) is 4.66. The first-order chi connectivity index (χ1) is 9.28. The summed E-state index contributed by atoms with van der Waals surface area (Å²) < 4.78 is 10.3. The molecule has 0 saturated heterocycles. The van der Waals surface area contributed by atoms with Crippen molar-refractivity contribution in [1.82, 2.24) is 9.97 Å². The predicted molar refractivity (Wildman–Crippen MR) is 71.8 cm³/mol. The smallest absolute Gasteiger partial charge is 0.232 e. The van der Waals surface area contributed by atoms with Crippen LogP contribution < -0.4 is 14.4 Å². The molecule has 0 unspecified atom stereocenters. The van der Waals surface area contributed by atoms with Crippen LogP contribution in [0.4, 0.5) is 5.95 Å². The zero-order valence-electron chi connectivity index (χ0n) is 11.5. The first-order valence-corrected chi connectivity index (χ1v) is 6.63. The summed E-state index contributed by atoms with van der Waals surface area (Å²) >= 11 is 0. The van der Waals surface area contributed by atoms with Crippen molar-refractivity contribution < 1.29 is 14.6 Å². The van der Waals surface area contributed by atoms with Gasteiger partial charge in [-0.1, -0.05) is 12.8 Å². The lowest BCUT2D eigenvalue weighted by Crippen LogP contribution is -2.37. The number of methoxy groups -OCH3 is 2. The van der Waals surface area contributed by atoms with Gasteiger partial charge in [0, 0.05) is 12.6 Å². The van der Waals surface area contributed by atoms with E-state index in [1.54, 1.807) is 20.3 Å². The highest BCUT2D eigenvalue weighted by atomic mass is 16.5. The molecule has 19 heavy (non-hydrogen) atoms. The van der Waals surface area contributed by atoms with Gasteiger partial charge in [0.1, 0.15) is 0 Å². The Kier molecular flexibility index (Phi) is 4.79. The molecule has 1 fully saturated rings. The zero-order chi connectivity index (χ0) is 13.7. The van der Waals surface area contributed by atoms with Gasteiger partial charge in [-0.15, -0.1) is 0 Å². The van der Waals surface area contributed by atoms with Crippen LogP contribution in [-0.4, -0.2) is 48.5 Å². The summed E-state index contributed by atoms with van der Waals surface area (Å²) in [6, 6.07) is 2.04. The highest BCUT2D eigenvalue weighted by Crippen LogP contribution is 2.28. The van der Waals surface area contributed by atoms with Gasteiger partial charge >= 0.3 is 0 Å². The Labute approximate surface area is 113 Å². The van der Waals surface area contributed by atoms with E-state index in [0.717, 1.165) is 12.8 Å². The fourth-order valence-corrected chi connectivity index (χ4v) is 2.50. The van der Waals surface area contributed by atoms with Gasteiger partial charge in [0.25, 0.3) is 0 Å². The Morgan fingerprint density at radius 2 is 1.79 bits per heavy atom. The second kappa shape index (κ2) is 6.56. The first kappa shape index (κ1) is 13.9. The largest absolute Gasteiger partial charge is 0.481 e. The van der Waals surface area contributed by atoms with Crippen molar-refractivity contribution in [2.24, 2.45) is 0 Å². The maximum absolute atomic E-state index is 9.25. The highest BCUT2D eigenvalue weighted by molar-refractivity contribution is 5.38. The number of rotatable bonds is 6. The van der Waals surface area contributed by atoms with Gasteiger partial charge in [-0.25, -0.2) is 0 Å². The molecule has 1 aliphatic rings. The lowest BCUT2D eigenvalue weighted by atomic mass is 10.2. The van der Waals surface area contributed by atoms with Crippen LogP contribution in [-0.2, 0) is 0 Å². The molecular weight excluding hydrogens is 246 g/mol. The van der Waals surface area contributed by atoms with E-state index in [1.165, 1.54) is 12.8 Å². The quantitative estimate of drug-likeness (QED) is 0.836. The number of aliphatic hydroxyl groups excluding tert-OH is 1. The molecule has 1 aromatic heterocycles. The average Bonchev–Trinajstić information content (AvgIpc) is 2.97. The molecule has 1 heterocycles. The summed E-state index contributed by atoms with van der Waals surface area (Å²) in [6.45, 7) is 0.611. The summed E-state index contributed by atoms with van der Waals surface area (Å²) in [4.78, 5) is 10.8. The van der Waals surface area contributed by atoms with E-state index < -0.39 is 0 Å². The minimum atomic E-state index is 0.0827. The highest BCUT2D eigenvalue weighted by Gasteiger charge is 2.25. The minimum absolute atomic E-state index is 0.0827. The van der Waals surface area contributed by atoms with Gasteiger partial charge in [-0.3, -0.25) is 0 Å². The SMILES string of the molecule is COc1cc(OC)nc(N(CCO)C2CCCC2)n1. The molecule has 0 bridgehead atoms. The Morgan fingerprint density at radius 3 is 2.26 bits per heavy atom. The van der Waals surface area contributed by atoms with Gasteiger partial charge in [0.2, 0.25) is 17.7 Å². The molecule has 106 valence electrons. The van der Waals surface area contributed by atoms with Gasteiger partial charge in [-0.2, -0.15) is 9.97 Å². The van der Waals surface area contributed by atoms with Crippen LogP contribution in [0.5, 0.6) is 11.8 Å². The Balaban J connectivity index is 2.28. The molecule has 0 aromatic carbocycles. The third-order valence-corrected chi connectivity index (χ3v) is 3.45. The van der Waals surface area contributed by atoms with Crippen LogP contribution in [0.2, 0.25) is 0 Å². The molecule has 6 nitrogen and oxygen atoms in total. The Morgan fingerprint density at radius 1 is 1.21 bits per heavy atom. The number of anilines is 1. The van der Waals surface area contributed by atoms with Crippen molar-refractivity contribution >= 4 is 5.95 Å². The zero-order valence-corrected chi connectivity index (χ0v) is 11.5. The number of aliphatic hydroxyl groups is 1. The summed E-state index contributed by atoms with van der Waals surface area (Å²) in [5, 5.41) is 9.25. The third-order valence-electron chi connectivity index (χ3n) is 3.45. The first-order valence-electron chi connectivity index (χ1n) is 6.63. The summed E-state index contributed by atoms with van der Waals surface area (Å²) in [5.41, 5.74) is 0. The molecule has 1 aromatic rings. The number of aromatic nitrogens is 2. The van der Waals surface area contributed by atoms with Gasteiger partial charge in [0.15, 0.2) is 0 Å². The third kappa shape index (κ3) is 3.26. The van der Waals surface area contributed by atoms with Crippen molar-refractivity contribution in [2.75, 3.05) is 32.3 Å². The maximum Gasteiger partial charge on any atom is 0.232 e. The topological polar surface area (TPSA) is 67.7 Å². The van der Waals surface area contributed by atoms with Crippen LogP contribution in [0.25, 0.3) is 0 Å². The molecule has 0 amide bonds. The fraction of sp³-hybridized carbons (Fsp3) is 0.692. The van der Waals surface area contributed by atoms with E-state index >= 15 is 0 Å². The van der Waals surface area contributed by atoms with Crippen molar-refractivity contribution in [2.45, 2.75) is 31.7 Å². The molecule has 1 aliphatic carbocycles. The second-order valence-corrected chi connectivity index (χ2v) is 4.61. The molecule has 0 atom stereocenters. The van der Waals surface area contributed by atoms with Crippen LogP contribution in [0.3, 0.4) is 0 Å². The van der Waals surface area contributed by atoms with Crippen LogP contribution in [0, 0.1) is 0 Å². The normalized spacial score (nSPS) is 15.5. The van der Waals surface area contributed by atoms with Crippen molar-refractivity contribution in [3.05, 3.63) is 6.07 Å². The minimum Gasteiger partial charge on any atom is -0.481 e. The molecule has 0 radical (unpaired) electrons. The fourth-order valence-electron chi connectivity index (χ4n) is 2.50. The lowest BCUT2D eigenvalue weighted by molar-refractivity contribution is 0.295. The lowest BCUT2D eigenvalue weighted by Gasteiger charge is -2.28. The second-order valence-electron chi connectivity index (χ2n) is 4.61. The molecule has 1 saturated carbocycles. The van der Waals surface area contributed by atoms with Crippen molar-refractivity contribution in [1.29, 1.82) is 0 Å². The van der Waals surface area contributed by atoms with Crippen molar-refractivity contribution in [3.8, 4) is 11.8 Å². The van der Waals surface area contributed by atoms with E-state index in [9.17, 15) is 5.11 Å². The molecule has 2 rings (SSSR count). The van der Waals surface area contributed by atoms with E-state index in [4.69, 9.17) is 9.47 Å². The number of hydrogen-bond acceptors (Lipinski definition) is 6. The van der Waals surface area contributed by atoms with Crippen LogP contribution in [0.15, 0.2) is 6.07 Å². The molecular formula is C13H21N3O3. The van der Waals surface area contributed by atoms with Gasteiger partial charge < -0.3 is 19.5 Å².